The lowest BCUT2D eigenvalue weighted by Crippen LogP contribution is -2.31. The average molecular weight is 305 g/mol. The number of nitrogens with one attached hydrogen (secondary N) is 1. The molecular formula is C16H23N3O3. The molecule has 22 heavy (non-hydrogen) atoms. The fourth-order valence-corrected chi connectivity index (χ4v) is 2.68. The summed E-state index contributed by atoms with van der Waals surface area (Å²) in [5.74, 6) is -0.249. The van der Waals surface area contributed by atoms with Gasteiger partial charge < -0.3 is 15.8 Å². The summed E-state index contributed by atoms with van der Waals surface area (Å²) in [6.45, 7) is 3.18. The molecule has 0 saturated heterocycles. The smallest absolute Gasteiger partial charge is 0.267 e. The molecule has 1 aliphatic rings. The molecule has 2 rings (SSSR count). The quantitative estimate of drug-likeness (QED) is 0.779. The first-order valence-electron chi connectivity index (χ1n) is 7.73. The molecule has 120 valence electrons. The zero-order valence-electron chi connectivity index (χ0n) is 12.9. The van der Waals surface area contributed by atoms with Crippen LogP contribution in [0.4, 0.5) is 0 Å². The molecule has 0 aromatic carbocycles. The predicted octanol–water partition coefficient (Wildman–Crippen LogP) is 1.51. The number of carbonyl (C=O) groups excluding carboxylic acids is 2. The number of pyridine rings is 1. The molecule has 0 radical (unpaired) electrons. The van der Waals surface area contributed by atoms with Gasteiger partial charge in [0.2, 0.25) is 0 Å². The Morgan fingerprint density at radius 2 is 2.14 bits per heavy atom. The number of aromatic nitrogens is 1. The van der Waals surface area contributed by atoms with Crippen molar-refractivity contribution in [1.29, 1.82) is 0 Å². The van der Waals surface area contributed by atoms with Gasteiger partial charge >= 0.3 is 0 Å². The normalized spacial score (nSPS) is 21.3. The lowest BCUT2D eigenvalue weighted by atomic mass is 9.88. The van der Waals surface area contributed by atoms with E-state index in [1.165, 1.54) is 37.6 Å². The van der Waals surface area contributed by atoms with E-state index >= 15 is 0 Å². The second-order valence-corrected chi connectivity index (χ2v) is 5.72. The molecule has 1 saturated carbocycles. The van der Waals surface area contributed by atoms with Crippen LogP contribution in [-0.2, 0) is 4.74 Å². The van der Waals surface area contributed by atoms with Crippen LogP contribution in [0.25, 0.3) is 0 Å². The summed E-state index contributed by atoms with van der Waals surface area (Å²) in [7, 11) is 0. The van der Waals surface area contributed by atoms with Gasteiger partial charge in [-0.1, -0.05) is 19.8 Å². The predicted molar refractivity (Wildman–Crippen MR) is 82.5 cm³/mol. The molecule has 2 amide bonds. The minimum absolute atomic E-state index is 0.145. The van der Waals surface area contributed by atoms with Gasteiger partial charge in [0.25, 0.3) is 11.8 Å². The van der Waals surface area contributed by atoms with Gasteiger partial charge in [0, 0.05) is 12.7 Å². The fraction of sp³-hybridized carbons (Fsp3) is 0.562. The lowest BCUT2D eigenvalue weighted by Gasteiger charge is -2.28. The third-order valence-corrected chi connectivity index (χ3v) is 4.03. The fourth-order valence-electron chi connectivity index (χ4n) is 2.68. The molecule has 1 heterocycles. The van der Waals surface area contributed by atoms with Crippen molar-refractivity contribution in [2.75, 3.05) is 13.2 Å². The van der Waals surface area contributed by atoms with Gasteiger partial charge in [-0.25, -0.2) is 0 Å². The number of nitrogens with two attached hydrogens (primary N) is 1. The first-order chi connectivity index (χ1) is 10.6. The van der Waals surface area contributed by atoms with Crippen LogP contribution in [0.5, 0.6) is 0 Å². The van der Waals surface area contributed by atoms with Crippen molar-refractivity contribution < 1.29 is 14.3 Å². The Labute approximate surface area is 130 Å². The van der Waals surface area contributed by atoms with Crippen LogP contribution < -0.4 is 11.1 Å². The topological polar surface area (TPSA) is 94.3 Å². The second-order valence-electron chi connectivity index (χ2n) is 5.72. The van der Waals surface area contributed by atoms with Gasteiger partial charge in [0.1, 0.15) is 5.69 Å². The maximum Gasteiger partial charge on any atom is 0.267 e. The zero-order valence-corrected chi connectivity index (χ0v) is 12.9. The van der Waals surface area contributed by atoms with Crippen molar-refractivity contribution in [2.24, 2.45) is 11.7 Å². The van der Waals surface area contributed by atoms with Gasteiger partial charge in [-0.15, -0.1) is 0 Å². The number of ether oxygens (including phenoxy) is 1. The van der Waals surface area contributed by atoms with Crippen molar-refractivity contribution in [2.45, 2.75) is 38.7 Å². The number of hydrogen-bond acceptors (Lipinski definition) is 4. The molecule has 1 fully saturated rings. The van der Waals surface area contributed by atoms with Crippen LogP contribution in [0.3, 0.4) is 0 Å². The van der Waals surface area contributed by atoms with E-state index in [-0.39, 0.29) is 11.6 Å². The van der Waals surface area contributed by atoms with E-state index in [0.29, 0.717) is 30.7 Å². The van der Waals surface area contributed by atoms with Crippen molar-refractivity contribution in [3.63, 3.8) is 0 Å². The highest BCUT2D eigenvalue weighted by atomic mass is 16.5. The monoisotopic (exact) mass is 305 g/mol. The van der Waals surface area contributed by atoms with Crippen LogP contribution >= 0.6 is 0 Å². The van der Waals surface area contributed by atoms with E-state index in [9.17, 15) is 9.59 Å². The summed E-state index contributed by atoms with van der Waals surface area (Å²) < 4.78 is 5.84. The highest BCUT2D eigenvalue weighted by Crippen LogP contribution is 2.25. The molecule has 0 bridgehead atoms. The minimum atomic E-state index is -0.609. The van der Waals surface area contributed by atoms with E-state index in [1.54, 1.807) is 0 Å². The van der Waals surface area contributed by atoms with Crippen molar-refractivity contribution in [1.82, 2.24) is 10.3 Å². The third-order valence-electron chi connectivity index (χ3n) is 4.03. The lowest BCUT2D eigenvalue weighted by molar-refractivity contribution is -0.00294. The van der Waals surface area contributed by atoms with Gasteiger partial charge in [0.05, 0.1) is 18.3 Å². The third kappa shape index (κ3) is 4.53. The zero-order chi connectivity index (χ0) is 15.9. The molecule has 0 spiro atoms. The van der Waals surface area contributed by atoms with Gasteiger partial charge in [0.15, 0.2) is 0 Å². The Morgan fingerprint density at radius 1 is 1.36 bits per heavy atom. The molecule has 0 unspecified atom stereocenters. The van der Waals surface area contributed by atoms with Crippen molar-refractivity contribution in [3.05, 3.63) is 29.6 Å². The summed E-state index contributed by atoms with van der Waals surface area (Å²) in [5.41, 5.74) is 5.65. The maximum absolute atomic E-state index is 11.9. The Balaban J connectivity index is 1.72. The van der Waals surface area contributed by atoms with Crippen LogP contribution in [-0.4, -0.2) is 36.1 Å². The Bertz CT molecular complexity index is 516. The van der Waals surface area contributed by atoms with Crippen molar-refractivity contribution in [3.8, 4) is 0 Å². The molecule has 6 heteroatoms. The number of amides is 2. The molecule has 1 aromatic rings. The van der Waals surface area contributed by atoms with E-state index in [1.807, 2.05) is 0 Å². The number of hydrogen-bond donors (Lipinski definition) is 2. The molecule has 6 nitrogen and oxygen atoms in total. The number of carbonyl (C=O) groups is 2. The second kappa shape index (κ2) is 7.89. The number of rotatable bonds is 6. The summed E-state index contributed by atoms with van der Waals surface area (Å²) in [6, 6.07) is 2.98. The molecule has 1 aromatic heterocycles. The van der Waals surface area contributed by atoms with Crippen LogP contribution in [0, 0.1) is 5.92 Å². The summed E-state index contributed by atoms with van der Waals surface area (Å²) in [4.78, 5) is 26.7. The average Bonchev–Trinajstić information content (AvgIpc) is 2.53. The van der Waals surface area contributed by atoms with Crippen LogP contribution in [0.1, 0.15) is 53.5 Å². The van der Waals surface area contributed by atoms with Gasteiger partial charge in [-0.05, 0) is 30.9 Å². The summed E-state index contributed by atoms with van der Waals surface area (Å²) in [6.07, 6.45) is 6.48. The number of primary amides is 1. The number of nitrogens with zero attached hydrogens (tertiary/aromatic N) is 1. The Kier molecular flexibility index (Phi) is 5.89. The van der Waals surface area contributed by atoms with E-state index in [2.05, 4.69) is 17.2 Å². The molecule has 2 atom stereocenters. The van der Waals surface area contributed by atoms with E-state index in [4.69, 9.17) is 10.5 Å². The first kappa shape index (κ1) is 16.4. The van der Waals surface area contributed by atoms with Gasteiger partial charge in [-0.2, -0.15) is 0 Å². The first-order valence-corrected chi connectivity index (χ1v) is 7.73. The van der Waals surface area contributed by atoms with Crippen molar-refractivity contribution >= 4 is 11.8 Å². The molecule has 1 aliphatic carbocycles. The van der Waals surface area contributed by atoms with E-state index in [0.717, 1.165) is 6.42 Å². The summed E-state index contributed by atoms with van der Waals surface area (Å²) in [5, 5.41) is 2.78. The maximum atomic E-state index is 11.9. The van der Waals surface area contributed by atoms with Gasteiger partial charge in [-0.3, -0.25) is 14.6 Å². The van der Waals surface area contributed by atoms with E-state index < -0.39 is 5.91 Å². The molecule has 0 aliphatic heterocycles. The molecule has 3 N–H and O–H groups in total. The molecular weight excluding hydrogens is 282 g/mol. The Morgan fingerprint density at radius 3 is 2.77 bits per heavy atom. The SMILES string of the molecule is C[C@@H]1CCCC[C@H]1OCCNC(=O)c1ccc(C(N)=O)nc1. The summed E-state index contributed by atoms with van der Waals surface area (Å²) >= 11 is 0. The highest BCUT2D eigenvalue weighted by molar-refractivity contribution is 5.95. The highest BCUT2D eigenvalue weighted by Gasteiger charge is 2.21. The minimum Gasteiger partial charge on any atom is -0.376 e. The van der Waals surface area contributed by atoms with Crippen LogP contribution in [0.15, 0.2) is 18.3 Å². The van der Waals surface area contributed by atoms with Crippen LogP contribution in [0.2, 0.25) is 0 Å². The standard InChI is InChI=1S/C16H23N3O3/c1-11-4-2-3-5-14(11)22-9-8-18-16(21)12-6-7-13(15(17)20)19-10-12/h6-7,10-11,14H,2-5,8-9H2,1H3,(H2,17,20)(H,18,21)/t11-,14-/m1/s1. The Hall–Kier alpha value is -1.95. The largest absolute Gasteiger partial charge is 0.376 e.